The largest absolute Gasteiger partial charge is 0.495 e. The molecule has 0 aliphatic heterocycles. The third-order valence-electron chi connectivity index (χ3n) is 4.86. The lowest BCUT2D eigenvalue weighted by Crippen LogP contribution is -2.31. The zero-order chi connectivity index (χ0) is 23.3. The first-order valence-electron chi connectivity index (χ1n) is 9.97. The molecule has 0 bridgehead atoms. The number of hydrogen-bond acceptors (Lipinski definition) is 5. The van der Waals surface area contributed by atoms with Gasteiger partial charge in [-0.2, -0.15) is 4.31 Å². The Balaban J connectivity index is 2.27. The molecule has 1 N–H and O–H groups in total. The highest BCUT2D eigenvalue weighted by Crippen LogP contribution is 2.30. The second-order valence-electron chi connectivity index (χ2n) is 7.07. The summed E-state index contributed by atoms with van der Waals surface area (Å²) in [5.41, 5.74) is 1.94. The predicted octanol–water partition coefficient (Wildman–Crippen LogP) is 4.40. The molecule has 0 aliphatic carbocycles. The molecule has 2 aromatic carbocycles. The Kier molecular flexibility index (Phi) is 8.34. The van der Waals surface area contributed by atoms with E-state index in [0.717, 1.165) is 11.1 Å². The Morgan fingerprint density at radius 3 is 2.23 bits per heavy atom. The van der Waals surface area contributed by atoms with Gasteiger partial charge in [0.25, 0.3) is 5.91 Å². The number of halogens is 1. The number of methoxy groups -OCH3 is 1. The number of anilines is 1. The summed E-state index contributed by atoms with van der Waals surface area (Å²) >= 11 is 6.18. The van der Waals surface area contributed by atoms with E-state index in [0.29, 0.717) is 29.6 Å². The van der Waals surface area contributed by atoms with Crippen LogP contribution in [-0.2, 0) is 14.8 Å². The Hall–Kier alpha value is -2.29. The van der Waals surface area contributed by atoms with E-state index < -0.39 is 22.0 Å². The third kappa shape index (κ3) is 5.70. The van der Waals surface area contributed by atoms with Gasteiger partial charge < -0.3 is 14.8 Å². The number of amides is 1. The summed E-state index contributed by atoms with van der Waals surface area (Å²) in [4.78, 5) is 12.8. The monoisotopic (exact) mass is 468 g/mol. The maximum Gasteiger partial charge on any atom is 0.265 e. The molecular formula is C22H29ClN2O5S. The van der Waals surface area contributed by atoms with Crippen molar-refractivity contribution < 1.29 is 22.7 Å². The molecule has 0 saturated heterocycles. The van der Waals surface area contributed by atoms with Crippen LogP contribution >= 0.6 is 11.6 Å². The van der Waals surface area contributed by atoms with Gasteiger partial charge in [0.05, 0.1) is 17.7 Å². The predicted molar refractivity (Wildman–Crippen MR) is 123 cm³/mol. The number of carbonyl (C=O) groups excluding carboxylic acids is 1. The molecular weight excluding hydrogens is 440 g/mol. The second-order valence-corrected chi connectivity index (χ2v) is 9.39. The minimum absolute atomic E-state index is 0.0739. The van der Waals surface area contributed by atoms with Crippen LogP contribution in [0.15, 0.2) is 35.2 Å². The summed E-state index contributed by atoms with van der Waals surface area (Å²) in [6.07, 6.45) is -0.840. The van der Waals surface area contributed by atoms with Gasteiger partial charge in [-0.3, -0.25) is 4.79 Å². The quantitative estimate of drug-likeness (QED) is 0.589. The molecule has 2 rings (SSSR count). The van der Waals surface area contributed by atoms with Gasteiger partial charge in [0.15, 0.2) is 6.10 Å². The Morgan fingerprint density at radius 1 is 1.13 bits per heavy atom. The summed E-state index contributed by atoms with van der Waals surface area (Å²) in [5.74, 6) is 0.421. The van der Waals surface area contributed by atoms with Crippen LogP contribution in [0.25, 0.3) is 0 Å². The molecule has 31 heavy (non-hydrogen) atoms. The Labute approximate surface area is 189 Å². The van der Waals surface area contributed by atoms with Gasteiger partial charge in [-0.1, -0.05) is 25.4 Å². The lowest BCUT2D eigenvalue weighted by molar-refractivity contribution is -0.122. The molecule has 0 saturated carbocycles. The van der Waals surface area contributed by atoms with Crippen molar-refractivity contribution in [3.05, 3.63) is 46.5 Å². The zero-order valence-electron chi connectivity index (χ0n) is 18.7. The average Bonchev–Trinajstić information content (AvgIpc) is 2.72. The smallest absolute Gasteiger partial charge is 0.265 e. The summed E-state index contributed by atoms with van der Waals surface area (Å²) in [6.45, 7) is 9.56. The highest BCUT2D eigenvalue weighted by atomic mass is 35.5. The minimum Gasteiger partial charge on any atom is -0.495 e. The van der Waals surface area contributed by atoms with Gasteiger partial charge in [-0.05, 0) is 62.2 Å². The number of hydrogen-bond donors (Lipinski definition) is 1. The maximum atomic E-state index is 12.8. The first kappa shape index (κ1) is 25.0. The summed E-state index contributed by atoms with van der Waals surface area (Å²) in [6, 6.07) is 7.90. The van der Waals surface area contributed by atoms with Gasteiger partial charge in [-0.25, -0.2) is 8.42 Å². The number of carbonyl (C=O) groups is 1. The van der Waals surface area contributed by atoms with Crippen molar-refractivity contribution in [3.8, 4) is 11.5 Å². The normalized spacial score (nSPS) is 12.5. The van der Waals surface area contributed by atoms with Crippen LogP contribution in [0, 0.1) is 13.8 Å². The molecule has 0 unspecified atom stereocenters. The topological polar surface area (TPSA) is 84.9 Å². The summed E-state index contributed by atoms with van der Waals surface area (Å²) in [5, 5.41) is 3.36. The van der Waals surface area contributed by atoms with Crippen LogP contribution in [0.2, 0.25) is 5.02 Å². The molecule has 170 valence electrons. The molecule has 1 amide bonds. The van der Waals surface area contributed by atoms with Crippen LogP contribution in [0.1, 0.15) is 31.9 Å². The second kappa shape index (κ2) is 10.3. The van der Waals surface area contributed by atoms with Crippen LogP contribution in [0.3, 0.4) is 0 Å². The van der Waals surface area contributed by atoms with E-state index in [1.165, 1.54) is 29.6 Å². The molecule has 0 aliphatic rings. The van der Waals surface area contributed by atoms with Crippen LogP contribution in [0.5, 0.6) is 11.5 Å². The van der Waals surface area contributed by atoms with Crippen LogP contribution in [-0.4, -0.2) is 44.9 Å². The fraction of sp³-hybridized carbons (Fsp3) is 0.409. The van der Waals surface area contributed by atoms with E-state index in [1.807, 2.05) is 13.8 Å². The van der Waals surface area contributed by atoms with Gasteiger partial charge >= 0.3 is 0 Å². The van der Waals surface area contributed by atoms with E-state index in [4.69, 9.17) is 21.1 Å². The number of nitrogens with one attached hydrogen (secondary N) is 1. The van der Waals surface area contributed by atoms with E-state index in [2.05, 4.69) is 5.32 Å². The molecule has 0 heterocycles. The number of rotatable bonds is 9. The summed E-state index contributed by atoms with van der Waals surface area (Å²) in [7, 11) is -2.24. The SMILES string of the molecule is CCN(CC)S(=O)(=O)c1ccc(OC)c(NC(=O)[C@H](C)Oc2cc(C)c(Cl)c(C)c2)c1. The molecule has 0 aromatic heterocycles. The van der Waals surface area contributed by atoms with Crippen molar-refractivity contribution >= 4 is 33.2 Å². The van der Waals surface area contributed by atoms with Crippen LogP contribution < -0.4 is 14.8 Å². The van der Waals surface area contributed by atoms with Crippen molar-refractivity contribution in [2.24, 2.45) is 0 Å². The van der Waals surface area contributed by atoms with E-state index in [-0.39, 0.29) is 10.6 Å². The average molecular weight is 469 g/mol. The third-order valence-corrected chi connectivity index (χ3v) is 7.51. The highest BCUT2D eigenvalue weighted by Gasteiger charge is 2.24. The highest BCUT2D eigenvalue weighted by molar-refractivity contribution is 7.89. The lowest BCUT2D eigenvalue weighted by atomic mass is 10.1. The number of nitrogens with zero attached hydrogens (tertiary/aromatic N) is 1. The van der Waals surface area contributed by atoms with Gasteiger partial charge in [-0.15, -0.1) is 0 Å². The fourth-order valence-corrected chi connectivity index (χ4v) is 4.72. The number of sulfonamides is 1. The van der Waals surface area contributed by atoms with Crippen molar-refractivity contribution in [1.82, 2.24) is 4.31 Å². The summed E-state index contributed by atoms with van der Waals surface area (Å²) < 4.78 is 38.1. The first-order valence-corrected chi connectivity index (χ1v) is 11.8. The van der Waals surface area contributed by atoms with Gasteiger partial charge in [0, 0.05) is 18.1 Å². The molecule has 0 fully saturated rings. The van der Waals surface area contributed by atoms with Crippen molar-refractivity contribution in [2.45, 2.75) is 45.6 Å². The number of aryl methyl sites for hydroxylation is 2. The standard InChI is InChI=1S/C22H29ClN2O5S/c1-7-25(8-2)31(27,28)18-9-10-20(29-6)19(13-18)24-22(26)16(5)30-17-11-14(3)21(23)15(4)12-17/h9-13,16H,7-8H2,1-6H3,(H,24,26)/t16-/m0/s1. The van der Waals surface area contributed by atoms with Crippen molar-refractivity contribution in [1.29, 1.82) is 0 Å². The van der Waals surface area contributed by atoms with Gasteiger partial charge in [0.1, 0.15) is 11.5 Å². The maximum absolute atomic E-state index is 12.8. The zero-order valence-corrected chi connectivity index (χ0v) is 20.2. The number of benzene rings is 2. The molecule has 1 atom stereocenters. The molecule has 9 heteroatoms. The first-order chi connectivity index (χ1) is 14.5. The van der Waals surface area contributed by atoms with E-state index >= 15 is 0 Å². The van der Waals surface area contributed by atoms with Crippen LogP contribution in [0.4, 0.5) is 5.69 Å². The minimum atomic E-state index is -3.68. The fourth-order valence-electron chi connectivity index (χ4n) is 3.12. The Morgan fingerprint density at radius 2 is 1.71 bits per heavy atom. The molecule has 2 aromatic rings. The van der Waals surface area contributed by atoms with Crippen molar-refractivity contribution in [2.75, 3.05) is 25.5 Å². The van der Waals surface area contributed by atoms with E-state index in [9.17, 15) is 13.2 Å². The molecule has 7 nitrogen and oxygen atoms in total. The molecule has 0 spiro atoms. The Bertz CT molecular complexity index is 1030. The molecule has 0 radical (unpaired) electrons. The number of ether oxygens (including phenoxy) is 2. The lowest BCUT2D eigenvalue weighted by Gasteiger charge is -2.20. The van der Waals surface area contributed by atoms with Crippen molar-refractivity contribution in [3.63, 3.8) is 0 Å². The van der Waals surface area contributed by atoms with E-state index in [1.54, 1.807) is 32.9 Å². The van der Waals surface area contributed by atoms with Gasteiger partial charge in [0.2, 0.25) is 10.0 Å².